The van der Waals surface area contributed by atoms with Crippen molar-refractivity contribution in [2.75, 3.05) is 13.2 Å². The Morgan fingerprint density at radius 1 is 0.314 bits per heavy atom. The van der Waals surface area contributed by atoms with E-state index >= 15 is 0 Å². The molecule has 0 saturated carbocycles. The molecule has 0 N–H and O–H groups in total. The van der Waals surface area contributed by atoms with E-state index < -0.39 is 6.10 Å². The third-order valence-corrected chi connectivity index (χ3v) is 10.1. The molecule has 0 unspecified atom stereocenters. The molecule has 0 aliphatic rings. The zero-order valence-electron chi connectivity index (χ0n) is 34.4. The summed E-state index contributed by atoms with van der Waals surface area (Å²) in [6.07, 6.45) is 41.1. The average Bonchev–Trinajstić information content (AvgIpc) is 3.12. The molecule has 0 fully saturated rings. The second kappa shape index (κ2) is 41.2. The van der Waals surface area contributed by atoms with Crippen LogP contribution in [0.2, 0.25) is 0 Å². The molecule has 1 atom stereocenters. The van der Waals surface area contributed by atoms with E-state index in [1.165, 1.54) is 148 Å². The summed E-state index contributed by atoms with van der Waals surface area (Å²) in [4.78, 5) is 37.4. The SMILES string of the molecule is CCCCCCCCCCCCCCCCCCCC(=O)O[C@H](COC(=O)CCCCCCC)COC(=O)CCCCCCCCCCCCC. The first-order valence-electron chi connectivity index (χ1n) is 22.5. The van der Waals surface area contributed by atoms with Gasteiger partial charge in [-0.25, -0.2) is 0 Å². The van der Waals surface area contributed by atoms with Crippen LogP contribution in [-0.2, 0) is 28.6 Å². The summed E-state index contributed by atoms with van der Waals surface area (Å²) in [6, 6.07) is 0. The van der Waals surface area contributed by atoms with Crippen LogP contribution in [0, 0.1) is 0 Å². The second-order valence-electron chi connectivity index (χ2n) is 15.3. The van der Waals surface area contributed by atoms with Gasteiger partial charge in [0.1, 0.15) is 13.2 Å². The minimum atomic E-state index is -0.756. The van der Waals surface area contributed by atoms with Crippen molar-refractivity contribution in [1.82, 2.24) is 0 Å². The molecule has 6 nitrogen and oxygen atoms in total. The van der Waals surface area contributed by atoms with E-state index in [0.29, 0.717) is 19.3 Å². The van der Waals surface area contributed by atoms with Crippen molar-refractivity contribution in [2.45, 2.75) is 258 Å². The maximum Gasteiger partial charge on any atom is 0.306 e. The summed E-state index contributed by atoms with van der Waals surface area (Å²) in [5.41, 5.74) is 0. The van der Waals surface area contributed by atoms with Crippen LogP contribution in [0.1, 0.15) is 252 Å². The van der Waals surface area contributed by atoms with Crippen LogP contribution in [0.5, 0.6) is 0 Å². The first-order chi connectivity index (χ1) is 25.0. The summed E-state index contributed by atoms with van der Waals surface area (Å²) in [5, 5.41) is 0. The molecule has 0 aliphatic heterocycles. The molecule has 0 aromatic heterocycles. The molecule has 0 rings (SSSR count). The van der Waals surface area contributed by atoms with Gasteiger partial charge in [0.05, 0.1) is 0 Å². The van der Waals surface area contributed by atoms with Crippen LogP contribution < -0.4 is 0 Å². The predicted octanol–water partition coefficient (Wildman–Crippen LogP) is 14.1. The highest BCUT2D eigenvalue weighted by Gasteiger charge is 2.19. The van der Waals surface area contributed by atoms with E-state index in [-0.39, 0.29) is 31.1 Å². The maximum atomic E-state index is 12.7. The van der Waals surface area contributed by atoms with Gasteiger partial charge in [-0.1, -0.05) is 213 Å². The van der Waals surface area contributed by atoms with Crippen LogP contribution in [0.25, 0.3) is 0 Å². The van der Waals surface area contributed by atoms with Crippen molar-refractivity contribution in [2.24, 2.45) is 0 Å². The minimum Gasteiger partial charge on any atom is -0.462 e. The lowest BCUT2D eigenvalue weighted by molar-refractivity contribution is -0.167. The van der Waals surface area contributed by atoms with Crippen LogP contribution >= 0.6 is 0 Å². The third-order valence-electron chi connectivity index (χ3n) is 10.1. The molecule has 0 bridgehead atoms. The highest BCUT2D eigenvalue weighted by atomic mass is 16.6. The van der Waals surface area contributed by atoms with E-state index in [4.69, 9.17) is 14.2 Å². The van der Waals surface area contributed by atoms with Gasteiger partial charge in [-0.2, -0.15) is 0 Å². The number of hydrogen-bond donors (Lipinski definition) is 0. The molecular formula is C45H86O6. The monoisotopic (exact) mass is 723 g/mol. The summed E-state index contributed by atoms with van der Waals surface area (Å²) >= 11 is 0. The Balaban J connectivity index is 4.15. The number of carbonyl (C=O) groups excluding carboxylic acids is 3. The quantitative estimate of drug-likeness (QED) is 0.0355. The van der Waals surface area contributed by atoms with Crippen molar-refractivity contribution >= 4 is 17.9 Å². The van der Waals surface area contributed by atoms with E-state index in [1.807, 2.05) is 0 Å². The molecule has 0 heterocycles. The Kier molecular flexibility index (Phi) is 39.9. The van der Waals surface area contributed by atoms with Gasteiger partial charge in [0.2, 0.25) is 0 Å². The van der Waals surface area contributed by atoms with Crippen molar-refractivity contribution < 1.29 is 28.6 Å². The van der Waals surface area contributed by atoms with Crippen LogP contribution in [0.15, 0.2) is 0 Å². The average molecular weight is 723 g/mol. The fourth-order valence-corrected chi connectivity index (χ4v) is 6.68. The number of unbranched alkanes of at least 4 members (excludes halogenated alkanes) is 30. The topological polar surface area (TPSA) is 78.9 Å². The van der Waals surface area contributed by atoms with Gasteiger partial charge in [-0.15, -0.1) is 0 Å². The highest BCUT2D eigenvalue weighted by Crippen LogP contribution is 2.16. The van der Waals surface area contributed by atoms with Crippen LogP contribution in [-0.4, -0.2) is 37.2 Å². The minimum absolute atomic E-state index is 0.0641. The lowest BCUT2D eigenvalue weighted by Crippen LogP contribution is -2.30. The fraction of sp³-hybridized carbons (Fsp3) is 0.933. The van der Waals surface area contributed by atoms with Crippen molar-refractivity contribution in [3.05, 3.63) is 0 Å². The van der Waals surface area contributed by atoms with Gasteiger partial charge < -0.3 is 14.2 Å². The number of carbonyl (C=O) groups is 3. The predicted molar refractivity (Wildman–Crippen MR) is 215 cm³/mol. The Hall–Kier alpha value is -1.59. The van der Waals surface area contributed by atoms with Gasteiger partial charge in [-0.05, 0) is 19.3 Å². The van der Waals surface area contributed by atoms with Gasteiger partial charge in [-0.3, -0.25) is 14.4 Å². The number of esters is 3. The molecule has 302 valence electrons. The van der Waals surface area contributed by atoms with E-state index in [2.05, 4.69) is 20.8 Å². The van der Waals surface area contributed by atoms with E-state index in [9.17, 15) is 14.4 Å². The van der Waals surface area contributed by atoms with Crippen LogP contribution in [0.4, 0.5) is 0 Å². The molecule has 51 heavy (non-hydrogen) atoms. The van der Waals surface area contributed by atoms with Gasteiger partial charge >= 0.3 is 17.9 Å². The summed E-state index contributed by atoms with van der Waals surface area (Å²) < 4.78 is 16.6. The fourth-order valence-electron chi connectivity index (χ4n) is 6.68. The lowest BCUT2D eigenvalue weighted by Gasteiger charge is -2.18. The largest absolute Gasteiger partial charge is 0.462 e. The van der Waals surface area contributed by atoms with Crippen LogP contribution in [0.3, 0.4) is 0 Å². The van der Waals surface area contributed by atoms with Crippen molar-refractivity contribution in [1.29, 1.82) is 0 Å². The molecule has 0 aliphatic carbocycles. The molecule has 6 heteroatoms. The molecule has 0 radical (unpaired) electrons. The van der Waals surface area contributed by atoms with Crippen molar-refractivity contribution in [3.63, 3.8) is 0 Å². The summed E-state index contributed by atoms with van der Waals surface area (Å²) in [6.45, 7) is 6.57. The zero-order valence-corrected chi connectivity index (χ0v) is 34.4. The van der Waals surface area contributed by atoms with Gasteiger partial charge in [0.25, 0.3) is 0 Å². The Morgan fingerprint density at radius 2 is 0.529 bits per heavy atom. The highest BCUT2D eigenvalue weighted by molar-refractivity contribution is 5.71. The molecule has 0 aromatic carbocycles. The summed E-state index contributed by atoms with van der Waals surface area (Å²) in [5.74, 6) is -0.867. The Morgan fingerprint density at radius 3 is 0.784 bits per heavy atom. The van der Waals surface area contributed by atoms with Crippen molar-refractivity contribution in [3.8, 4) is 0 Å². The standard InChI is InChI=1S/C45H86O6/c1-4-7-10-13-15-17-19-20-21-22-23-24-26-28-30-33-36-39-45(48)51-42(40-49-43(46)37-34-31-12-9-6-3)41-50-44(47)38-35-32-29-27-25-18-16-14-11-8-5-2/h42H,4-41H2,1-3H3/t42-/m1/s1. The van der Waals surface area contributed by atoms with Gasteiger partial charge in [0.15, 0.2) is 6.10 Å². The molecule has 0 spiro atoms. The third kappa shape index (κ3) is 39.5. The first kappa shape index (κ1) is 49.4. The summed E-state index contributed by atoms with van der Waals surface area (Å²) in [7, 11) is 0. The normalized spacial score (nSPS) is 11.8. The Labute approximate surface area is 317 Å². The number of ether oxygens (including phenoxy) is 3. The Bertz CT molecular complexity index is 753. The second-order valence-corrected chi connectivity index (χ2v) is 15.3. The molecule has 0 amide bonds. The van der Waals surface area contributed by atoms with E-state index in [1.54, 1.807) is 0 Å². The maximum absolute atomic E-state index is 12.7. The number of rotatable bonds is 41. The first-order valence-corrected chi connectivity index (χ1v) is 22.5. The number of hydrogen-bond acceptors (Lipinski definition) is 6. The molecule has 0 saturated heterocycles. The lowest BCUT2D eigenvalue weighted by atomic mass is 10.0. The molecule has 0 aromatic rings. The molecular weight excluding hydrogens is 636 g/mol. The van der Waals surface area contributed by atoms with Gasteiger partial charge in [0, 0.05) is 19.3 Å². The smallest absolute Gasteiger partial charge is 0.306 e. The zero-order chi connectivity index (χ0) is 37.3. The van der Waals surface area contributed by atoms with E-state index in [0.717, 1.165) is 64.2 Å².